The van der Waals surface area contributed by atoms with Gasteiger partial charge in [0, 0.05) is 23.4 Å². The normalized spacial score (nSPS) is 11.5. The lowest BCUT2D eigenvalue weighted by Gasteiger charge is -2.08. The Hall–Kier alpha value is -3.82. The molecule has 0 spiro atoms. The van der Waals surface area contributed by atoms with E-state index < -0.39 is 0 Å². The van der Waals surface area contributed by atoms with Gasteiger partial charge < -0.3 is 9.26 Å². The number of rotatable bonds is 4. The largest absolute Gasteiger partial charge is 0.470 e. The van der Waals surface area contributed by atoms with Gasteiger partial charge in [0.2, 0.25) is 11.7 Å². The Labute approximate surface area is 152 Å². The summed E-state index contributed by atoms with van der Waals surface area (Å²) < 4.78 is 14.2. The average molecular weight is 362 g/mol. The molecule has 134 valence electrons. The molecule has 0 unspecified atom stereocenters. The number of nitrogens with zero attached hydrogens (tertiary/aromatic N) is 8. The van der Waals surface area contributed by atoms with Gasteiger partial charge in [0.1, 0.15) is 18.6 Å². The Morgan fingerprint density at radius 3 is 2.70 bits per heavy atom. The highest BCUT2D eigenvalue weighted by Gasteiger charge is 2.19. The highest BCUT2D eigenvalue weighted by molar-refractivity contribution is 5.96. The number of fused-ring (bicyclic) bond motifs is 3. The lowest BCUT2D eigenvalue weighted by molar-refractivity contribution is 0.289. The Kier molecular flexibility index (Phi) is 3.35. The Balaban J connectivity index is 1.67. The van der Waals surface area contributed by atoms with Crippen LogP contribution in [0, 0.1) is 6.92 Å². The van der Waals surface area contributed by atoms with Gasteiger partial charge in [0.25, 0.3) is 0 Å². The summed E-state index contributed by atoms with van der Waals surface area (Å²) in [5.74, 6) is 0.942. The molecule has 0 radical (unpaired) electrons. The van der Waals surface area contributed by atoms with Crippen molar-refractivity contribution in [2.24, 2.45) is 7.05 Å². The summed E-state index contributed by atoms with van der Waals surface area (Å²) in [6, 6.07) is 7.75. The second-order valence-corrected chi connectivity index (χ2v) is 6.13. The summed E-state index contributed by atoms with van der Waals surface area (Å²) in [4.78, 5) is 0. The molecule has 0 bridgehead atoms. The lowest BCUT2D eigenvalue weighted by Crippen LogP contribution is -2.04. The lowest BCUT2D eigenvalue weighted by atomic mass is 10.2. The Morgan fingerprint density at radius 2 is 1.96 bits per heavy atom. The fourth-order valence-electron chi connectivity index (χ4n) is 2.91. The molecule has 1 aromatic carbocycles. The maximum atomic E-state index is 5.95. The van der Waals surface area contributed by atoms with Crippen LogP contribution in [-0.2, 0) is 13.7 Å². The molecule has 4 aromatic heterocycles. The first-order valence-electron chi connectivity index (χ1n) is 8.24. The molecule has 0 saturated heterocycles. The fraction of sp³-hybridized carbons (Fsp3) is 0.176. The summed E-state index contributed by atoms with van der Waals surface area (Å²) in [6.45, 7) is 2.14. The quantitative estimate of drug-likeness (QED) is 0.477. The van der Waals surface area contributed by atoms with Crippen LogP contribution in [0.2, 0.25) is 0 Å². The topological polar surface area (TPSA) is 109 Å². The van der Waals surface area contributed by atoms with Crippen molar-refractivity contribution in [1.29, 1.82) is 0 Å². The number of benzene rings is 1. The molecule has 0 aliphatic heterocycles. The molecule has 0 aliphatic rings. The van der Waals surface area contributed by atoms with Gasteiger partial charge in [0.15, 0.2) is 11.3 Å². The van der Waals surface area contributed by atoms with Crippen LogP contribution >= 0.6 is 0 Å². The molecular weight excluding hydrogens is 348 g/mol. The van der Waals surface area contributed by atoms with Crippen LogP contribution in [0.25, 0.3) is 27.9 Å². The van der Waals surface area contributed by atoms with Crippen molar-refractivity contribution in [1.82, 2.24) is 40.0 Å². The molecule has 5 rings (SSSR count). The van der Waals surface area contributed by atoms with Crippen LogP contribution in [0.15, 0.2) is 41.2 Å². The molecular formula is C17H14N8O2. The van der Waals surface area contributed by atoms with E-state index in [2.05, 4.69) is 30.8 Å². The van der Waals surface area contributed by atoms with Crippen molar-refractivity contribution in [3.8, 4) is 17.4 Å². The van der Waals surface area contributed by atoms with E-state index in [1.54, 1.807) is 28.7 Å². The van der Waals surface area contributed by atoms with Crippen LogP contribution in [0.4, 0.5) is 0 Å². The third kappa shape index (κ3) is 2.49. The SMILES string of the molecule is Cc1conc1-c1nnc2c3ccccc3c(OCc3cn(C)nn3)nn12. The van der Waals surface area contributed by atoms with Gasteiger partial charge in [-0.3, -0.25) is 4.68 Å². The average Bonchev–Trinajstić information content (AvgIpc) is 3.39. The number of hydrogen-bond acceptors (Lipinski definition) is 8. The minimum absolute atomic E-state index is 0.247. The molecule has 0 fully saturated rings. The zero-order chi connectivity index (χ0) is 18.4. The van der Waals surface area contributed by atoms with Crippen LogP contribution in [-0.4, -0.2) is 40.0 Å². The van der Waals surface area contributed by atoms with Crippen molar-refractivity contribution in [2.45, 2.75) is 13.5 Å². The monoisotopic (exact) mass is 362 g/mol. The van der Waals surface area contributed by atoms with E-state index in [9.17, 15) is 0 Å². The summed E-state index contributed by atoms with van der Waals surface area (Å²) in [6.07, 6.45) is 3.35. The van der Waals surface area contributed by atoms with Gasteiger partial charge in [-0.1, -0.05) is 28.6 Å². The first-order valence-corrected chi connectivity index (χ1v) is 8.24. The molecule has 0 aliphatic carbocycles. The van der Waals surface area contributed by atoms with Crippen LogP contribution in [0.5, 0.6) is 5.88 Å². The summed E-state index contributed by atoms with van der Waals surface area (Å²) in [7, 11) is 1.81. The minimum atomic E-state index is 0.247. The predicted octanol–water partition coefficient (Wildman–Crippen LogP) is 1.95. The van der Waals surface area contributed by atoms with Crippen molar-refractivity contribution < 1.29 is 9.26 Å². The predicted molar refractivity (Wildman–Crippen MR) is 93.9 cm³/mol. The van der Waals surface area contributed by atoms with Crippen molar-refractivity contribution in [2.75, 3.05) is 0 Å². The van der Waals surface area contributed by atoms with E-state index in [0.29, 0.717) is 28.7 Å². The molecule has 5 aromatic rings. The highest BCUT2D eigenvalue weighted by atomic mass is 16.5. The molecule has 0 amide bonds. The standard InChI is InChI=1S/C17H14N8O2/c1-10-8-27-22-14(10)16-20-19-15-12-5-3-4-6-13(12)17(21-25(15)16)26-9-11-7-24(2)23-18-11/h3-8H,9H2,1-2H3. The zero-order valence-corrected chi connectivity index (χ0v) is 14.6. The second-order valence-electron chi connectivity index (χ2n) is 6.13. The first-order chi connectivity index (χ1) is 13.2. The number of aromatic nitrogens is 8. The third-order valence-corrected chi connectivity index (χ3v) is 4.20. The van der Waals surface area contributed by atoms with Crippen molar-refractivity contribution in [3.05, 3.63) is 48.0 Å². The van der Waals surface area contributed by atoms with Gasteiger partial charge >= 0.3 is 0 Å². The van der Waals surface area contributed by atoms with E-state index >= 15 is 0 Å². The first kappa shape index (κ1) is 15.4. The Bertz CT molecular complexity index is 1270. The van der Waals surface area contributed by atoms with Crippen molar-refractivity contribution >= 4 is 16.4 Å². The summed E-state index contributed by atoms with van der Waals surface area (Å²) >= 11 is 0. The van der Waals surface area contributed by atoms with E-state index in [-0.39, 0.29) is 6.61 Å². The Morgan fingerprint density at radius 1 is 1.11 bits per heavy atom. The van der Waals surface area contributed by atoms with Gasteiger partial charge in [-0.25, -0.2) is 0 Å². The van der Waals surface area contributed by atoms with Gasteiger partial charge in [-0.05, 0) is 13.0 Å². The fourth-order valence-corrected chi connectivity index (χ4v) is 2.91. The van der Waals surface area contributed by atoms with Crippen LogP contribution in [0.3, 0.4) is 0 Å². The maximum Gasteiger partial charge on any atom is 0.240 e. The molecule has 0 N–H and O–H groups in total. The van der Waals surface area contributed by atoms with E-state index in [4.69, 9.17) is 9.26 Å². The maximum absolute atomic E-state index is 5.95. The summed E-state index contributed by atoms with van der Waals surface area (Å²) in [5.41, 5.74) is 2.76. The number of hydrogen-bond donors (Lipinski definition) is 0. The minimum Gasteiger partial charge on any atom is -0.470 e. The van der Waals surface area contributed by atoms with Crippen molar-refractivity contribution in [3.63, 3.8) is 0 Å². The second kappa shape index (κ2) is 5.87. The molecule has 10 nitrogen and oxygen atoms in total. The molecule has 27 heavy (non-hydrogen) atoms. The van der Waals surface area contributed by atoms with Gasteiger partial charge in [-0.2, -0.15) is 4.52 Å². The summed E-state index contributed by atoms with van der Waals surface area (Å²) in [5, 5.41) is 26.8. The number of aryl methyl sites for hydroxylation is 2. The smallest absolute Gasteiger partial charge is 0.240 e. The van der Waals surface area contributed by atoms with E-state index in [0.717, 1.165) is 16.3 Å². The highest BCUT2D eigenvalue weighted by Crippen LogP contribution is 2.29. The number of ether oxygens (including phenoxy) is 1. The van der Waals surface area contributed by atoms with E-state index in [1.807, 2.05) is 31.2 Å². The van der Waals surface area contributed by atoms with Gasteiger partial charge in [-0.15, -0.1) is 20.4 Å². The molecule has 0 atom stereocenters. The molecule has 4 heterocycles. The third-order valence-electron chi connectivity index (χ3n) is 4.20. The van der Waals surface area contributed by atoms with Crippen LogP contribution < -0.4 is 4.74 Å². The van der Waals surface area contributed by atoms with Gasteiger partial charge in [0.05, 0.1) is 6.20 Å². The molecule has 10 heteroatoms. The zero-order valence-electron chi connectivity index (χ0n) is 14.6. The molecule has 0 saturated carbocycles. The van der Waals surface area contributed by atoms with Crippen LogP contribution in [0.1, 0.15) is 11.3 Å². The van der Waals surface area contributed by atoms with E-state index in [1.165, 1.54) is 0 Å².